The van der Waals surface area contributed by atoms with E-state index in [0.717, 1.165) is 10.0 Å². The Bertz CT molecular complexity index is 336. The standard InChI is InChI=1S/C9H10BrNO2/c1-6(2)9-7(10)4-3-5-8(9)11(12)13/h3-6H,1-2H3. The van der Waals surface area contributed by atoms with Crippen LogP contribution in [0.4, 0.5) is 5.69 Å². The second-order valence-corrected chi connectivity index (χ2v) is 3.94. The zero-order valence-electron chi connectivity index (χ0n) is 7.45. The Morgan fingerprint density at radius 3 is 2.46 bits per heavy atom. The molecule has 0 saturated heterocycles. The molecule has 13 heavy (non-hydrogen) atoms. The maximum atomic E-state index is 10.7. The first-order valence-electron chi connectivity index (χ1n) is 3.97. The fraction of sp³-hybridized carbons (Fsp3) is 0.333. The molecule has 0 aliphatic rings. The highest BCUT2D eigenvalue weighted by atomic mass is 79.9. The quantitative estimate of drug-likeness (QED) is 0.590. The van der Waals surface area contributed by atoms with Gasteiger partial charge in [-0.3, -0.25) is 10.1 Å². The Balaban J connectivity index is 3.34. The monoisotopic (exact) mass is 243 g/mol. The molecule has 0 amide bonds. The summed E-state index contributed by atoms with van der Waals surface area (Å²) in [5, 5.41) is 10.7. The molecule has 0 atom stereocenters. The summed E-state index contributed by atoms with van der Waals surface area (Å²) in [6, 6.07) is 5.02. The zero-order valence-corrected chi connectivity index (χ0v) is 9.04. The van der Waals surface area contributed by atoms with E-state index in [4.69, 9.17) is 0 Å². The van der Waals surface area contributed by atoms with Gasteiger partial charge < -0.3 is 0 Å². The van der Waals surface area contributed by atoms with Gasteiger partial charge in [-0.1, -0.05) is 35.8 Å². The Morgan fingerprint density at radius 1 is 1.46 bits per heavy atom. The van der Waals surface area contributed by atoms with E-state index < -0.39 is 0 Å². The zero-order chi connectivity index (χ0) is 10.0. The Labute approximate surface area is 85.0 Å². The van der Waals surface area contributed by atoms with E-state index in [1.165, 1.54) is 6.07 Å². The maximum absolute atomic E-state index is 10.7. The van der Waals surface area contributed by atoms with Gasteiger partial charge in [0, 0.05) is 16.1 Å². The lowest BCUT2D eigenvalue weighted by Crippen LogP contribution is -1.97. The third-order valence-corrected chi connectivity index (χ3v) is 2.50. The predicted molar refractivity (Wildman–Crippen MR) is 54.9 cm³/mol. The maximum Gasteiger partial charge on any atom is 0.273 e. The van der Waals surface area contributed by atoms with Gasteiger partial charge in [-0.2, -0.15) is 0 Å². The van der Waals surface area contributed by atoms with E-state index in [0.29, 0.717) is 0 Å². The van der Waals surface area contributed by atoms with Crippen LogP contribution in [0.5, 0.6) is 0 Å². The number of rotatable bonds is 2. The minimum Gasteiger partial charge on any atom is -0.258 e. The van der Waals surface area contributed by atoms with Gasteiger partial charge in [0.1, 0.15) is 0 Å². The third-order valence-electron chi connectivity index (χ3n) is 1.80. The van der Waals surface area contributed by atoms with Crippen LogP contribution in [0.25, 0.3) is 0 Å². The van der Waals surface area contributed by atoms with Gasteiger partial charge in [0.2, 0.25) is 0 Å². The van der Waals surface area contributed by atoms with E-state index in [1.807, 2.05) is 19.9 Å². The number of nitro groups is 1. The Hall–Kier alpha value is -0.900. The molecule has 0 aliphatic heterocycles. The van der Waals surface area contributed by atoms with E-state index >= 15 is 0 Å². The molecule has 3 nitrogen and oxygen atoms in total. The van der Waals surface area contributed by atoms with Crippen LogP contribution in [-0.2, 0) is 0 Å². The van der Waals surface area contributed by atoms with Crippen LogP contribution in [0.1, 0.15) is 25.3 Å². The first-order valence-corrected chi connectivity index (χ1v) is 4.76. The average molecular weight is 244 g/mol. The van der Waals surface area contributed by atoms with Gasteiger partial charge in [0.25, 0.3) is 5.69 Å². The lowest BCUT2D eigenvalue weighted by atomic mass is 10.0. The minimum absolute atomic E-state index is 0.149. The smallest absolute Gasteiger partial charge is 0.258 e. The van der Waals surface area contributed by atoms with Crippen LogP contribution in [0, 0.1) is 10.1 Å². The molecule has 0 heterocycles. The van der Waals surface area contributed by atoms with Crippen molar-refractivity contribution in [3.63, 3.8) is 0 Å². The van der Waals surface area contributed by atoms with Crippen LogP contribution in [0.15, 0.2) is 22.7 Å². The number of halogens is 1. The van der Waals surface area contributed by atoms with E-state index in [-0.39, 0.29) is 16.5 Å². The lowest BCUT2D eigenvalue weighted by molar-refractivity contribution is -0.385. The minimum atomic E-state index is -0.347. The van der Waals surface area contributed by atoms with Crippen molar-refractivity contribution >= 4 is 21.6 Å². The third kappa shape index (κ3) is 2.06. The summed E-state index contributed by atoms with van der Waals surface area (Å²) >= 11 is 3.31. The highest BCUT2D eigenvalue weighted by Crippen LogP contribution is 2.32. The summed E-state index contributed by atoms with van der Waals surface area (Å²) in [5.41, 5.74) is 0.942. The molecule has 0 spiro atoms. The van der Waals surface area contributed by atoms with Crippen LogP contribution >= 0.6 is 15.9 Å². The van der Waals surface area contributed by atoms with E-state index in [2.05, 4.69) is 15.9 Å². The van der Waals surface area contributed by atoms with Crippen molar-refractivity contribution < 1.29 is 4.92 Å². The van der Waals surface area contributed by atoms with Crippen molar-refractivity contribution in [2.24, 2.45) is 0 Å². The van der Waals surface area contributed by atoms with E-state index in [1.54, 1.807) is 6.07 Å². The van der Waals surface area contributed by atoms with Crippen LogP contribution in [-0.4, -0.2) is 4.92 Å². The lowest BCUT2D eigenvalue weighted by Gasteiger charge is -2.07. The highest BCUT2D eigenvalue weighted by molar-refractivity contribution is 9.10. The van der Waals surface area contributed by atoms with Gasteiger partial charge in [0.05, 0.1) is 4.92 Å². The second kappa shape index (κ2) is 3.87. The van der Waals surface area contributed by atoms with Gasteiger partial charge in [0.15, 0.2) is 0 Å². The number of hydrogen-bond donors (Lipinski definition) is 0. The fourth-order valence-electron chi connectivity index (χ4n) is 1.26. The summed E-state index contributed by atoms with van der Waals surface area (Å²) < 4.78 is 0.803. The SMILES string of the molecule is CC(C)c1c(Br)cccc1[N+](=O)[O-]. The van der Waals surface area contributed by atoms with Gasteiger partial charge in [-0.05, 0) is 12.0 Å². The summed E-state index contributed by atoms with van der Waals surface area (Å²) in [7, 11) is 0. The topological polar surface area (TPSA) is 43.1 Å². The molecular formula is C9H10BrNO2. The summed E-state index contributed by atoms with van der Waals surface area (Å²) in [4.78, 5) is 10.3. The molecule has 0 bridgehead atoms. The highest BCUT2D eigenvalue weighted by Gasteiger charge is 2.18. The molecule has 1 rings (SSSR count). The molecule has 1 aromatic carbocycles. The summed E-state index contributed by atoms with van der Waals surface area (Å²) in [6.45, 7) is 3.88. The number of benzene rings is 1. The first kappa shape index (κ1) is 10.2. The van der Waals surface area contributed by atoms with Crippen molar-refractivity contribution in [2.75, 3.05) is 0 Å². The second-order valence-electron chi connectivity index (χ2n) is 3.08. The van der Waals surface area contributed by atoms with Crippen molar-refractivity contribution in [1.29, 1.82) is 0 Å². The first-order chi connectivity index (χ1) is 6.04. The normalized spacial score (nSPS) is 10.5. The van der Waals surface area contributed by atoms with Crippen LogP contribution in [0.2, 0.25) is 0 Å². The van der Waals surface area contributed by atoms with Crippen molar-refractivity contribution in [3.8, 4) is 0 Å². The molecule has 0 saturated carbocycles. The van der Waals surface area contributed by atoms with Crippen LogP contribution < -0.4 is 0 Å². The van der Waals surface area contributed by atoms with Crippen molar-refractivity contribution in [1.82, 2.24) is 0 Å². The Morgan fingerprint density at radius 2 is 2.08 bits per heavy atom. The number of hydrogen-bond acceptors (Lipinski definition) is 2. The molecular weight excluding hydrogens is 234 g/mol. The molecule has 0 radical (unpaired) electrons. The molecule has 0 aromatic heterocycles. The molecule has 0 fully saturated rings. The molecule has 1 aromatic rings. The average Bonchev–Trinajstić information content (AvgIpc) is 2.02. The largest absolute Gasteiger partial charge is 0.273 e. The van der Waals surface area contributed by atoms with Crippen molar-refractivity contribution in [2.45, 2.75) is 19.8 Å². The predicted octanol–water partition coefficient (Wildman–Crippen LogP) is 3.48. The summed E-state index contributed by atoms with van der Waals surface area (Å²) in [5.74, 6) is 0.149. The number of nitrogens with zero attached hydrogens (tertiary/aromatic N) is 1. The Kier molecular flexibility index (Phi) is 3.03. The molecule has 70 valence electrons. The fourth-order valence-corrected chi connectivity index (χ4v) is 2.07. The summed E-state index contributed by atoms with van der Waals surface area (Å²) in [6.07, 6.45) is 0. The van der Waals surface area contributed by atoms with Crippen molar-refractivity contribution in [3.05, 3.63) is 38.3 Å². The molecule has 0 N–H and O–H groups in total. The van der Waals surface area contributed by atoms with Gasteiger partial charge >= 0.3 is 0 Å². The van der Waals surface area contributed by atoms with Gasteiger partial charge in [-0.15, -0.1) is 0 Å². The molecule has 0 unspecified atom stereocenters. The number of nitro benzene ring substituents is 1. The molecule has 0 aliphatic carbocycles. The van der Waals surface area contributed by atoms with E-state index in [9.17, 15) is 10.1 Å². The van der Waals surface area contributed by atoms with Crippen LogP contribution in [0.3, 0.4) is 0 Å². The van der Waals surface area contributed by atoms with Gasteiger partial charge in [-0.25, -0.2) is 0 Å². The molecule has 4 heteroatoms.